The molecular formula is C10H14N2S2. The van der Waals surface area contributed by atoms with Crippen LogP contribution < -0.4 is 5.32 Å². The van der Waals surface area contributed by atoms with E-state index < -0.39 is 0 Å². The van der Waals surface area contributed by atoms with Crippen molar-refractivity contribution in [1.82, 2.24) is 0 Å². The Bertz CT molecular complexity index is 319. The summed E-state index contributed by atoms with van der Waals surface area (Å²) in [7, 11) is 0. The molecular weight excluding hydrogens is 212 g/mol. The largest absolute Gasteiger partial charge is 0.334 e. The van der Waals surface area contributed by atoms with Gasteiger partial charge in [-0.05, 0) is 24.3 Å². The summed E-state index contributed by atoms with van der Waals surface area (Å²) >= 11 is 3.52. The molecule has 1 aromatic heterocycles. The molecule has 0 bridgehead atoms. The van der Waals surface area contributed by atoms with Crippen LogP contribution in [0.1, 0.15) is 13.8 Å². The van der Waals surface area contributed by atoms with Crippen LogP contribution in [0.25, 0.3) is 0 Å². The van der Waals surface area contributed by atoms with Gasteiger partial charge in [0.05, 0.1) is 11.7 Å². The van der Waals surface area contributed by atoms with Crippen molar-refractivity contribution in [2.24, 2.45) is 10.9 Å². The molecule has 2 nitrogen and oxygen atoms in total. The van der Waals surface area contributed by atoms with E-state index in [1.54, 1.807) is 11.3 Å². The number of hydrogen-bond acceptors (Lipinski definition) is 4. The van der Waals surface area contributed by atoms with Gasteiger partial charge >= 0.3 is 0 Å². The van der Waals surface area contributed by atoms with Crippen molar-refractivity contribution < 1.29 is 0 Å². The third kappa shape index (κ3) is 2.30. The third-order valence-corrected chi connectivity index (χ3v) is 4.26. The van der Waals surface area contributed by atoms with Gasteiger partial charge in [-0.1, -0.05) is 18.7 Å². The van der Waals surface area contributed by atoms with Gasteiger partial charge in [-0.15, -0.1) is 0 Å². The highest BCUT2D eigenvalue weighted by Crippen LogP contribution is 2.24. The first-order valence-electron chi connectivity index (χ1n) is 4.75. The van der Waals surface area contributed by atoms with Crippen molar-refractivity contribution in [2.45, 2.75) is 19.9 Å². The minimum Gasteiger partial charge on any atom is -0.334 e. The fourth-order valence-corrected chi connectivity index (χ4v) is 2.94. The van der Waals surface area contributed by atoms with Crippen molar-refractivity contribution in [2.75, 3.05) is 11.1 Å². The van der Waals surface area contributed by atoms with Crippen LogP contribution in [0.3, 0.4) is 0 Å². The Morgan fingerprint density at radius 2 is 2.36 bits per heavy atom. The maximum absolute atomic E-state index is 4.61. The Morgan fingerprint density at radius 3 is 3.00 bits per heavy atom. The third-order valence-electron chi connectivity index (χ3n) is 2.40. The summed E-state index contributed by atoms with van der Waals surface area (Å²) in [5, 5.41) is 8.57. The van der Waals surface area contributed by atoms with E-state index in [4.69, 9.17) is 0 Å². The summed E-state index contributed by atoms with van der Waals surface area (Å²) < 4.78 is 0. The van der Waals surface area contributed by atoms with Crippen molar-refractivity contribution in [3.8, 4) is 0 Å². The van der Waals surface area contributed by atoms with Crippen LogP contribution in [-0.4, -0.2) is 17.0 Å². The standard InChI is InChI=1S/C10H14N2S2/c1-7-5-14-10(11-8(7)2)12-9-3-4-13-6-9/h3-4,6-8H,5H2,1-2H3,(H,11,12). The first kappa shape index (κ1) is 10.1. The van der Waals surface area contributed by atoms with Gasteiger partial charge in [0.15, 0.2) is 5.17 Å². The van der Waals surface area contributed by atoms with E-state index in [9.17, 15) is 0 Å². The Balaban J connectivity index is 2.02. The van der Waals surface area contributed by atoms with Crippen LogP contribution in [0.5, 0.6) is 0 Å². The second kappa shape index (κ2) is 4.36. The number of hydrogen-bond donors (Lipinski definition) is 1. The van der Waals surface area contributed by atoms with E-state index in [-0.39, 0.29) is 0 Å². The summed E-state index contributed by atoms with van der Waals surface area (Å²) in [4.78, 5) is 4.61. The first-order chi connectivity index (χ1) is 6.75. The van der Waals surface area contributed by atoms with E-state index in [2.05, 4.69) is 41.0 Å². The molecule has 1 aliphatic heterocycles. The van der Waals surface area contributed by atoms with Crippen LogP contribution in [0.15, 0.2) is 21.8 Å². The molecule has 76 valence electrons. The molecule has 0 saturated carbocycles. The molecule has 2 heterocycles. The lowest BCUT2D eigenvalue weighted by Gasteiger charge is -2.23. The molecule has 0 aromatic carbocycles. The SMILES string of the molecule is CC1CSC(Nc2ccsc2)=NC1C. The second-order valence-electron chi connectivity index (χ2n) is 3.60. The van der Waals surface area contributed by atoms with Crippen molar-refractivity contribution in [3.05, 3.63) is 16.8 Å². The number of nitrogens with one attached hydrogen (secondary N) is 1. The maximum atomic E-state index is 4.61. The lowest BCUT2D eigenvalue weighted by atomic mass is 10.1. The smallest absolute Gasteiger partial charge is 0.161 e. The monoisotopic (exact) mass is 226 g/mol. The topological polar surface area (TPSA) is 24.4 Å². The minimum absolute atomic E-state index is 0.442. The molecule has 0 spiro atoms. The van der Waals surface area contributed by atoms with Gasteiger partial charge in [0.25, 0.3) is 0 Å². The first-order valence-corrected chi connectivity index (χ1v) is 6.68. The summed E-state index contributed by atoms with van der Waals surface area (Å²) in [6.07, 6.45) is 0. The van der Waals surface area contributed by atoms with Gasteiger partial charge < -0.3 is 5.32 Å². The summed E-state index contributed by atoms with van der Waals surface area (Å²) in [5.41, 5.74) is 1.16. The minimum atomic E-state index is 0.442. The maximum Gasteiger partial charge on any atom is 0.161 e. The van der Waals surface area contributed by atoms with Crippen LogP contribution in [-0.2, 0) is 0 Å². The Labute approximate surface area is 92.8 Å². The zero-order valence-corrected chi connectivity index (χ0v) is 9.99. The summed E-state index contributed by atoms with van der Waals surface area (Å²) in [5.74, 6) is 1.85. The molecule has 1 aromatic rings. The van der Waals surface area contributed by atoms with Gasteiger partial charge in [0.1, 0.15) is 0 Å². The van der Waals surface area contributed by atoms with Crippen LogP contribution in [0.2, 0.25) is 0 Å². The van der Waals surface area contributed by atoms with Crippen LogP contribution in [0.4, 0.5) is 5.69 Å². The van der Waals surface area contributed by atoms with E-state index in [1.165, 1.54) is 0 Å². The zero-order chi connectivity index (χ0) is 9.97. The molecule has 2 rings (SSSR count). The summed E-state index contributed by atoms with van der Waals surface area (Å²) in [6.45, 7) is 4.43. The Morgan fingerprint density at radius 1 is 1.50 bits per heavy atom. The average Bonchev–Trinajstić information content (AvgIpc) is 2.64. The molecule has 0 fully saturated rings. The number of rotatable bonds is 1. The van der Waals surface area contributed by atoms with Crippen LogP contribution in [0, 0.1) is 5.92 Å². The molecule has 2 unspecified atom stereocenters. The zero-order valence-electron chi connectivity index (χ0n) is 8.36. The number of aliphatic imine (C=N–C) groups is 1. The molecule has 2 atom stereocenters. The highest BCUT2D eigenvalue weighted by Gasteiger charge is 2.18. The highest BCUT2D eigenvalue weighted by molar-refractivity contribution is 8.14. The lowest BCUT2D eigenvalue weighted by molar-refractivity contribution is 0.537. The summed E-state index contributed by atoms with van der Waals surface area (Å²) in [6, 6.07) is 2.52. The number of thioether (sulfide) groups is 1. The lowest BCUT2D eigenvalue weighted by Crippen LogP contribution is -2.24. The molecule has 0 amide bonds. The Hall–Kier alpha value is -0.480. The number of nitrogens with zero attached hydrogens (tertiary/aromatic N) is 1. The van der Waals surface area contributed by atoms with E-state index in [1.807, 2.05) is 11.8 Å². The predicted octanol–water partition coefficient (Wildman–Crippen LogP) is 3.29. The molecule has 0 radical (unpaired) electrons. The van der Waals surface area contributed by atoms with Crippen LogP contribution >= 0.6 is 23.1 Å². The molecule has 1 aliphatic rings. The predicted molar refractivity (Wildman–Crippen MR) is 66.5 cm³/mol. The molecule has 1 N–H and O–H groups in total. The van der Waals surface area contributed by atoms with Gasteiger partial charge in [-0.25, -0.2) is 0 Å². The van der Waals surface area contributed by atoms with Crippen molar-refractivity contribution >= 4 is 34.0 Å². The van der Waals surface area contributed by atoms with Gasteiger partial charge in [-0.3, -0.25) is 4.99 Å². The van der Waals surface area contributed by atoms with Gasteiger partial charge in [0.2, 0.25) is 0 Å². The van der Waals surface area contributed by atoms with E-state index in [0.29, 0.717) is 12.0 Å². The fourth-order valence-electron chi connectivity index (χ4n) is 1.23. The fraction of sp³-hybridized carbons (Fsp3) is 0.500. The molecule has 0 saturated heterocycles. The molecule has 14 heavy (non-hydrogen) atoms. The number of amidine groups is 1. The normalized spacial score (nSPS) is 27.1. The average molecular weight is 226 g/mol. The quantitative estimate of drug-likeness (QED) is 0.794. The molecule has 4 heteroatoms. The number of anilines is 1. The second-order valence-corrected chi connectivity index (χ2v) is 5.39. The molecule has 0 aliphatic carbocycles. The highest BCUT2D eigenvalue weighted by atomic mass is 32.2. The number of thiophene rings is 1. The van der Waals surface area contributed by atoms with E-state index in [0.717, 1.165) is 16.6 Å². The Kier molecular flexibility index (Phi) is 3.13. The van der Waals surface area contributed by atoms with Crippen molar-refractivity contribution in [1.29, 1.82) is 0 Å². The van der Waals surface area contributed by atoms with Crippen molar-refractivity contribution in [3.63, 3.8) is 0 Å². The van der Waals surface area contributed by atoms with Gasteiger partial charge in [0, 0.05) is 11.1 Å². The van der Waals surface area contributed by atoms with E-state index >= 15 is 0 Å². The van der Waals surface area contributed by atoms with Gasteiger partial charge in [-0.2, -0.15) is 11.3 Å².